The number of aromatic amines is 1. The van der Waals surface area contributed by atoms with E-state index < -0.39 is 17.1 Å². The lowest BCUT2D eigenvalue weighted by Crippen LogP contribution is -2.32. The van der Waals surface area contributed by atoms with E-state index in [1.54, 1.807) is 49.6 Å². The Balaban J connectivity index is 1.31. The minimum Gasteiger partial charge on any atom is -0.497 e. The molecule has 2 aliphatic heterocycles. The number of hydrogen-bond donors (Lipinski definition) is 2. The zero-order valence-corrected chi connectivity index (χ0v) is 25.8. The fraction of sp³-hybridized carbons (Fsp3) is 0.250. The van der Waals surface area contributed by atoms with Gasteiger partial charge in [0.05, 0.1) is 30.3 Å². The van der Waals surface area contributed by atoms with Crippen LogP contribution in [0.2, 0.25) is 0 Å². The second-order valence-electron chi connectivity index (χ2n) is 10.3. The molecule has 1 saturated heterocycles. The van der Waals surface area contributed by atoms with E-state index in [9.17, 15) is 19.2 Å². The van der Waals surface area contributed by atoms with Crippen LogP contribution in [0.15, 0.2) is 76.6 Å². The number of para-hydroxylation sites is 1. The van der Waals surface area contributed by atoms with E-state index in [-0.39, 0.29) is 29.2 Å². The fourth-order valence-electron chi connectivity index (χ4n) is 5.51. The van der Waals surface area contributed by atoms with E-state index in [1.807, 2.05) is 38.1 Å². The molecule has 0 bridgehead atoms. The zero-order valence-electron chi connectivity index (χ0n) is 24.1. The number of carbonyl (C=O) groups is 3. The van der Waals surface area contributed by atoms with Crippen LogP contribution in [0.4, 0.5) is 11.4 Å². The minimum atomic E-state index is -0.755. The van der Waals surface area contributed by atoms with Gasteiger partial charge in [-0.3, -0.25) is 19.2 Å². The maximum absolute atomic E-state index is 14.0. The second kappa shape index (κ2) is 12.2. The van der Waals surface area contributed by atoms with Crippen molar-refractivity contribution in [1.82, 2.24) is 4.98 Å². The lowest BCUT2D eigenvalue weighted by molar-refractivity contribution is -0.122. The molecule has 226 valence electrons. The minimum absolute atomic E-state index is 0.244. The van der Waals surface area contributed by atoms with Gasteiger partial charge in [-0.15, -0.1) is 0 Å². The third-order valence-electron chi connectivity index (χ3n) is 7.56. The summed E-state index contributed by atoms with van der Waals surface area (Å²) >= 11 is 2.24. The molecule has 1 fully saturated rings. The Bertz CT molecular complexity index is 1800. The maximum atomic E-state index is 14.0. The van der Waals surface area contributed by atoms with Gasteiger partial charge < -0.3 is 24.5 Å². The molecule has 44 heavy (non-hydrogen) atoms. The van der Waals surface area contributed by atoms with Gasteiger partial charge in [-0.2, -0.15) is 0 Å². The number of thioether (sulfide) groups is 1. The number of thiazole rings is 1. The molecule has 0 saturated carbocycles. The van der Waals surface area contributed by atoms with Gasteiger partial charge in [-0.25, -0.2) is 4.90 Å². The molecule has 12 heteroatoms. The number of ether oxygens (including phenoxy) is 3. The van der Waals surface area contributed by atoms with Crippen LogP contribution in [0, 0.1) is 12.8 Å². The Kier molecular flexibility index (Phi) is 8.19. The molecule has 0 spiro atoms. The van der Waals surface area contributed by atoms with Crippen LogP contribution >= 0.6 is 23.1 Å². The highest BCUT2D eigenvalue weighted by Crippen LogP contribution is 2.53. The molecule has 3 heterocycles. The van der Waals surface area contributed by atoms with Crippen molar-refractivity contribution >= 4 is 52.2 Å². The number of nitrogens with zero attached hydrogens (tertiary/aromatic N) is 1. The molecular weight excluding hydrogens is 603 g/mol. The van der Waals surface area contributed by atoms with Gasteiger partial charge in [-0.1, -0.05) is 47.4 Å². The van der Waals surface area contributed by atoms with Crippen LogP contribution in [0.25, 0.3) is 0 Å². The smallest absolute Gasteiger partial charge is 0.305 e. The topological polar surface area (TPSA) is 127 Å². The molecule has 1 aromatic heterocycles. The number of methoxy groups -OCH3 is 1. The Morgan fingerprint density at radius 2 is 1.75 bits per heavy atom. The quantitative estimate of drug-likeness (QED) is 0.248. The second-order valence-corrected chi connectivity index (χ2v) is 12.4. The van der Waals surface area contributed by atoms with Gasteiger partial charge >= 0.3 is 4.87 Å². The number of aryl methyl sites for hydroxylation is 1. The number of rotatable bonds is 9. The SMILES string of the molecule is CCOc1cc([C@H]2c3sc(=O)[nH]c3SC3C(=O)N(c4ccc(OC)cc4)C(=O)C32)ccc1OCC(=O)Nc1ccccc1C. The number of anilines is 2. The van der Waals surface area contributed by atoms with E-state index in [0.29, 0.717) is 50.7 Å². The summed E-state index contributed by atoms with van der Waals surface area (Å²) in [7, 11) is 1.54. The average Bonchev–Trinajstić information content (AvgIpc) is 3.51. The number of nitrogens with one attached hydrogen (secondary N) is 2. The van der Waals surface area contributed by atoms with E-state index >= 15 is 0 Å². The van der Waals surface area contributed by atoms with Gasteiger partial charge in [0, 0.05) is 16.5 Å². The molecule has 3 atom stereocenters. The van der Waals surface area contributed by atoms with Gasteiger partial charge in [0.15, 0.2) is 18.1 Å². The largest absolute Gasteiger partial charge is 0.497 e. The summed E-state index contributed by atoms with van der Waals surface area (Å²) in [5, 5.41) is 2.69. The summed E-state index contributed by atoms with van der Waals surface area (Å²) in [5.74, 6) is -1.01. The summed E-state index contributed by atoms with van der Waals surface area (Å²) in [5.41, 5.74) is 2.77. The predicted octanol–water partition coefficient (Wildman–Crippen LogP) is 4.97. The van der Waals surface area contributed by atoms with Crippen molar-refractivity contribution in [3.05, 3.63) is 92.4 Å². The summed E-state index contributed by atoms with van der Waals surface area (Å²) in [4.78, 5) is 57.3. The number of amides is 3. The first kappa shape index (κ1) is 29.5. The zero-order chi connectivity index (χ0) is 31.0. The van der Waals surface area contributed by atoms with Crippen molar-refractivity contribution in [3.8, 4) is 17.2 Å². The number of fused-ring (bicyclic) bond motifs is 2. The summed E-state index contributed by atoms with van der Waals surface area (Å²) in [6, 6.07) is 19.5. The monoisotopic (exact) mass is 631 g/mol. The Morgan fingerprint density at radius 1 is 0.977 bits per heavy atom. The molecular formula is C32H29N3O7S2. The molecule has 3 aromatic carbocycles. The summed E-state index contributed by atoms with van der Waals surface area (Å²) < 4.78 is 17.0. The first-order valence-electron chi connectivity index (χ1n) is 14.0. The van der Waals surface area contributed by atoms with Crippen LogP contribution in [0.5, 0.6) is 17.2 Å². The van der Waals surface area contributed by atoms with Crippen molar-refractivity contribution in [3.63, 3.8) is 0 Å². The predicted molar refractivity (Wildman–Crippen MR) is 168 cm³/mol. The first-order chi connectivity index (χ1) is 21.3. The third-order valence-corrected chi connectivity index (χ3v) is 9.96. The lowest BCUT2D eigenvalue weighted by Gasteiger charge is -2.30. The highest BCUT2D eigenvalue weighted by atomic mass is 32.2. The van der Waals surface area contributed by atoms with E-state index in [0.717, 1.165) is 16.9 Å². The third kappa shape index (κ3) is 5.46. The van der Waals surface area contributed by atoms with Crippen LogP contribution in [-0.4, -0.2) is 48.3 Å². The van der Waals surface area contributed by atoms with Crippen molar-refractivity contribution in [2.24, 2.45) is 5.92 Å². The van der Waals surface area contributed by atoms with E-state index in [2.05, 4.69) is 10.3 Å². The highest BCUT2D eigenvalue weighted by Gasteiger charge is 2.56. The van der Waals surface area contributed by atoms with Gasteiger partial charge in [-0.05, 0) is 67.4 Å². The normalized spacial score (nSPS) is 18.9. The van der Waals surface area contributed by atoms with E-state index in [4.69, 9.17) is 14.2 Å². The van der Waals surface area contributed by atoms with Crippen LogP contribution in [-0.2, 0) is 14.4 Å². The molecule has 2 unspecified atom stereocenters. The Morgan fingerprint density at radius 3 is 2.48 bits per heavy atom. The van der Waals surface area contributed by atoms with Crippen molar-refractivity contribution in [2.45, 2.75) is 30.0 Å². The van der Waals surface area contributed by atoms with Crippen LogP contribution in [0.3, 0.4) is 0 Å². The van der Waals surface area contributed by atoms with Gasteiger partial charge in [0.2, 0.25) is 11.8 Å². The Hall–Kier alpha value is -4.55. The standard InChI is InChI=1S/C32H29N3O7S2/c1-4-41-23-15-18(9-14-22(23)42-16-24(36)33-21-8-6-5-7-17(21)2)25-26-28(43-29-27(25)44-32(39)34-29)31(38)35(30(26)37)19-10-12-20(40-3)13-11-19/h5-15,25-26,28H,4,16H2,1-3H3,(H,33,36)(H,34,39)/t25-,26?,28?/m1/s1. The van der Waals surface area contributed by atoms with Crippen molar-refractivity contribution in [1.29, 1.82) is 0 Å². The van der Waals surface area contributed by atoms with Gasteiger partial charge in [0.25, 0.3) is 5.91 Å². The van der Waals surface area contributed by atoms with Crippen molar-refractivity contribution < 1.29 is 28.6 Å². The summed E-state index contributed by atoms with van der Waals surface area (Å²) in [6.45, 7) is 3.82. The number of H-pyrrole nitrogens is 1. The molecule has 3 amide bonds. The first-order valence-corrected chi connectivity index (χ1v) is 15.6. The van der Waals surface area contributed by atoms with E-state index in [1.165, 1.54) is 16.7 Å². The van der Waals surface area contributed by atoms with Gasteiger partial charge in [0.1, 0.15) is 11.0 Å². The Labute approximate surface area is 261 Å². The maximum Gasteiger partial charge on any atom is 0.305 e. The number of benzene rings is 3. The van der Waals surface area contributed by atoms with Crippen LogP contribution in [0.1, 0.15) is 28.8 Å². The molecule has 0 radical (unpaired) electrons. The number of aromatic nitrogens is 1. The lowest BCUT2D eigenvalue weighted by atomic mass is 9.83. The molecule has 2 N–H and O–H groups in total. The average molecular weight is 632 g/mol. The fourth-order valence-corrected chi connectivity index (χ4v) is 8.03. The molecule has 0 aliphatic carbocycles. The highest BCUT2D eigenvalue weighted by molar-refractivity contribution is 8.00. The molecule has 2 aliphatic rings. The van der Waals surface area contributed by atoms with Crippen LogP contribution < -0.4 is 29.3 Å². The molecule has 6 rings (SSSR count). The molecule has 10 nitrogen and oxygen atoms in total. The van der Waals surface area contributed by atoms with Crippen molar-refractivity contribution in [2.75, 3.05) is 30.5 Å². The number of hydrogen-bond acceptors (Lipinski definition) is 9. The number of imide groups is 1. The summed E-state index contributed by atoms with van der Waals surface area (Å²) in [6.07, 6.45) is 0. The number of carbonyl (C=O) groups excluding carboxylic acids is 3. The molecule has 4 aromatic rings.